The van der Waals surface area contributed by atoms with E-state index in [1.54, 1.807) is 11.1 Å². The normalized spacial score (nSPS) is 23.6. The van der Waals surface area contributed by atoms with Gasteiger partial charge in [-0.05, 0) is 67.5 Å². The van der Waals surface area contributed by atoms with Crippen LogP contribution < -0.4 is 4.74 Å². The van der Waals surface area contributed by atoms with E-state index in [0.29, 0.717) is 0 Å². The molecule has 2 aromatic carbocycles. The van der Waals surface area contributed by atoms with Crippen molar-refractivity contribution in [3.05, 3.63) is 47.0 Å². The molecule has 134 valence electrons. The van der Waals surface area contributed by atoms with Crippen LogP contribution in [0.4, 0.5) is 0 Å². The summed E-state index contributed by atoms with van der Waals surface area (Å²) in [5.74, 6) is 2.66. The Morgan fingerprint density at radius 1 is 0.880 bits per heavy atom. The number of hydrogen-bond donors (Lipinski definition) is 0. The van der Waals surface area contributed by atoms with Gasteiger partial charge in [0.2, 0.25) is 0 Å². The largest absolute Gasteiger partial charge is 0.482 e. The Bertz CT molecular complexity index is 797. The maximum atomic E-state index is 6.38. The lowest BCUT2D eigenvalue weighted by molar-refractivity contribution is 0.161. The molecule has 25 heavy (non-hydrogen) atoms. The number of ether oxygens (including phenoxy) is 1. The predicted molar refractivity (Wildman–Crippen MR) is 110 cm³/mol. The van der Waals surface area contributed by atoms with Crippen molar-refractivity contribution in [1.82, 2.24) is 0 Å². The molecule has 2 unspecified atom stereocenters. The first-order chi connectivity index (χ1) is 12.1. The Hall–Kier alpha value is -1.76. The van der Waals surface area contributed by atoms with Gasteiger partial charge >= 0.3 is 0 Å². The molecule has 2 atom stereocenters. The Morgan fingerprint density at radius 2 is 1.48 bits per heavy atom. The van der Waals surface area contributed by atoms with E-state index in [-0.39, 0.29) is 5.60 Å². The van der Waals surface area contributed by atoms with Crippen LogP contribution in [0.3, 0.4) is 0 Å². The Labute approximate surface area is 153 Å². The molecule has 2 bridgehead atoms. The second-order valence-corrected chi connectivity index (χ2v) is 7.36. The van der Waals surface area contributed by atoms with E-state index in [1.807, 2.05) is 27.7 Å². The van der Waals surface area contributed by atoms with E-state index in [9.17, 15) is 0 Å². The van der Waals surface area contributed by atoms with E-state index in [1.165, 1.54) is 35.6 Å². The van der Waals surface area contributed by atoms with Gasteiger partial charge in [-0.3, -0.25) is 0 Å². The summed E-state index contributed by atoms with van der Waals surface area (Å²) in [7, 11) is 0. The minimum atomic E-state index is -0.207. The fourth-order valence-corrected chi connectivity index (χ4v) is 4.72. The van der Waals surface area contributed by atoms with E-state index in [0.717, 1.165) is 17.6 Å². The molecular weight excluding hydrogens is 304 g/mol. The third-order valence-electron chi connectivity index (χ3n) is 5.55. The highest BCUT2D eigenvalue weighted by Gasteiger charge is 2.41. The third-order valence-corrected chi connectivity index (χ3v) is 5.55. The van der Waals surface area contributed by atoms with Gasteiger partial charge in [0.05, 0.1) is 0 Å². The van der Waals surface area contributed by atoms with Gasteiger partial charge < -0.3 is 4.74 Å². The smallest absolute Gasteiger partial charge is 0.135 e. The first-order valence-electron chi connectivity index (χ1n) is 10.1. The number of fused-ring (bicyclic) bond motifs is 10. The minimum Gasteiger partial charge on any atom is -0.482 e. The maximum Gasteiger partial charge on any atom is 0.135 e. The zero-order valence-electron chi connectivity index (χ0n) is 16.6. The average Bonchev–Trinajstić information content (AvgIpc) is 3.27. The SMILES string of the molecule is CC.CC.CC1(C)C=Cc2c3c(c4ccccc4c2O1)C1CCC3C1. The summed E-state index contributed by atoms with van der Waals surface area (Å²) in [6, 6.07) is 8.83. The zero-order valence-corrected chi connectivity index (χ0v) is 16.6. The molecule has 0 spiro atoms. The van der Waals surface area contributed by atoms with Crippen LogP contribution in [0, 0.1) is 0 Å². The Morgan fingerprint density at radius 3 is 2.16 bits per heavy atom. The molecule has 0 N–H and O–H groups in total. The lowest BCUT2D eigenvalue weighted by Crippen LogP contribution is -2.28. The van der Waals surface area contributed by atoms with Crippen molar-refractivity contribution in [1.29, 1.82) is 0 Å². The van der Waals surface area contributed by atoms with Gasteiger partial charge in [0.1, 0.15) is 11.4 Å². The van der Waals surface area contributed by atoms with Crippen molar-refractivity contribution in [3.8, 4) is 5.75 Å². The monoisotopic (exact) mass is 336 g/mol. The quantitative estimate of drug-likeness (QED) is 0.485. The van der Waals surface area contributed by atoms with Gasteiger partial charge in [-0.2, -0.15) is 0 Å². The van der Waals surface area contributed by atoms with Crippen LogP contribution in [0.2, 0.25) is 0 Å². The highest BCUT2D eigenvalue weighted by atomic mass is 16.5. The molecule has 5 rings (SSSR count). The van der Waals surface area contributed by atoms with Gasteiger partial charge in [-0.15, -0.1) is 0 Å². The fraction of sp³-hybridized carbons (Fsp3) is 0.500. The van der Waals surface area contributed by atoms with Crippen molar-refractivity contribution in [2.75, 3.05) is 0 Å². The molecule has 1 saturated carbocycles. The second-order valence-electron chi connectivity index (χ2n) is 7.36. The first kappa shape index (κ1) is 18.0. The Balaban J connectivity index is 0.000000428. The summed E-state index contributed by atoms with van der Waals surface area (Å²) in [5.41, 5.74) is 4.40. The second kappa shape index (κ2) is 6.86. The fourth-order valence-electron chi connectivity index (χ4n) is 4.72. The van der Waals surface area contributed by atoms with Crippen LogP contribution >= 0.6 is 0 Å². The van der Waals surface area contributed by atoms with Crippen molar-refractivity contribution in [2.45, 2.75) is 78.2 Å². The van der Waals surface area contributed by atoms with Crippen LogP contribution in [-0.4, -0.2) is 5.60 Å². The van der Waals surface area contributed by atoms with E-state index < -0.39 is 0 Å². The molecule has 0 radical (unpaired) electrons. The van der Waals surface area contributed by atoms with Crippen LogP contribution in [0.25, 0.3) is 16.8 Å². The number of benzene rings is 2. The molecule has 2 aliphatic carbocycles. The molecule has 1 heterocycles. The summed E-state index contributed by atoms with van der Waals surface area (Å²) in [5, 5.41) is 2.74. The number of rotatable bonds is 0. The van der Waals surface area contributed by atoms with Crippen LogP contribution in [0.15, 0.2) is 30.3 Å². The summed E-state index contributed by atoms with van der Waals surface area (Å²) in [6.07, 6.45) is 8.63. The molecule has 0 aromatic heterocycles. The van der Waals surface area contributed by atoms with Crippen LogP contribution in [-0.2, 0) is 0 Å². The number of hydrogen-bond acceptors (Lipinski definition) is 1. The van der Waals surface area contributed by atoms with Gasteiger partial charge in [0, 0.05) is 10.9 Å². The van der Waals surface area contributed by atoms with E-state index >= 15 is 0 Å². The predicted octanol–water partition coefficient (Wildman–Crippen LogP) is 7.44. The molecule has 1 fully saturated rings. The van der Waals surface area contributed by atoms with Gasteiger partial charge in [-0.1, -0.05) is 58.0 Å². The van der Waals surface area contributed by atoms with E-state index in [4.69, 9.17) is 4.74 Å². The molecule has 1 heteroatoms. The average molecular weight is 337 g/mol. The van der Waals surface area contributed by atoms with Gasteiger partial charge in [-0.25, -0.2) is 0 Å². The van der Waals surface area contributed by atoms with Crippen molar-refractivity contribution >= 4 is 16.8 Å². The summed E-state index contributed by atoms with van der Waals surface area (Å²) < 4.78 is 6.38. The lowest BCUT2D eigenvalue weighted by atomic mass is 9.82. The van der Waals surface area contributed by atoms with Crippen molar-refractivity contribution in [3.63, 3.8) is 0 Å². The van der Waals surface area contributed by atoms with E-state index in [2.05, 4.69) is 50.3 Å². The van der Waals surface area contributed by atoms with Gasteiger partial charge in [0.25, 0.3) is 0 Å². The topological polar surface area (TPSA) is 9.23 Å². The first-order valence-corrected chi connectivity index (χ1v) is 10.1. The standard InChI is InChI=1S/C20H20O.2C2H6/c1-20(2)10-9-16-18-13-8-7-12(11-13)17(18)14-5-3-4-6-15(14)19(16)21-20;2*1-2/h3-6,9-10,12-13H,7-8,11H2,1-2H3;2*1-2H3. The molecule has 2 aromatic rings. The van der Waals surface area contributed by atoms with Crippen molar-refractivity contribution in [2.24, 2.45) is 0 Å². The molecular formula is C24H32O. The molecule has 0 saturated heterocycles. The molecule has 1 nitrogen and oxygen atoms in total. The summed E-state index contributed by atoms with van der Waals surface area (Å²) >= 11 is 0. The molecule has 1 aliphatic heterocycles. The van der Waals surface area contributed by atoms with Gasteiger partial charge in [0.15, 0.2) is 0 Å². The van der Waals surface area contributed by atoms with Crippen molar-refractivity contribution < 1.29 is 4.74 Å². The zero-order chi connectivity index (χ0) is 18.2. The van der Waals surface area contributed by atoms with Crippen LogP contribution in [0.5, 0.6) is 5.75 Å². The maximum absolute atomic E-state index is 6.38. The van der Waals surface area contributed by atoms with Crippen LogP contribution in [0.1, 0.15) is 89.3 Å². The Kier molecular flexibility index (Phi) is 4.95. The highest BCUT2D eigenvalue weighted by molar-refractivity contribution is 5.98. The minimum absolute atomic E-state index is 0.207. The third kappa shape index (κ3) is 2.78. The molecule has 3 aliphatic rings. The highest BCUT2D eigenvalue weighted by Crippen LogP contribution is 2.59. The summed E-state index contributed by atoms with van der Waals surface area (Å²) in [6.45, 7) is 12.3. The molecule has 0 amide bonds. The lowest BCUT2D eigenvalue weighted by Gasteiger charge is -2.32. The summed E-state index contributed by atoms with van der Waals surface area (Å²) in [4.78, 5) is 0.